The second-order valence-electron chi connectivity index (χ2n) is 3.56. The molecule has 0 saturated carbocycles. The fourth-order valence-corrected chi connectivity index (χ4v) is 3.51. The largest absolute Gasteiger partial charge is 0.396 e. The van der Waals surface area contributed by atoms with Gasteiger partial charge in [-0.05, 0) is 19.1 Å². The zero-order valence-electron chi connectivity index (χ0n) is 9.52. The molecule has 0 fully saturated rings. The Labute approximate surface area is 117 Å². The molecule has 2 rings (SSSR count). The number of hydrogen-bond donors (Lipinski definition) is 2. The second-order valence-corrected chi connectivity index (χ2v) is 6.40. The predicted octanol–water partition coefficient (Wildman–Crippen LogP) is 2.02. The van der Waals surface area contributed by atoms with Gasteiger partial charge < -0.3 is 5.73 Å². The number of nitrogen functional groups attached to an aromatic ring is 1. The first kappa shape index (κ1) is 14.0. The van der Waals surface area contributed by atoms with Gasteiger partial charge in [0.25, 0.3) is 10.0 Å². The smallest absolute Gasteiger partial charge is 0.266 e. The van der Waals surface area contributed by atoms with Gasteiger partial charge in [-0.3, -0.25) is 4.72 Å². The molecule has 3 N–H and O–H groups in total. The Morgan fingerprint density at radius 3 is 2.74 bits per heavy atom. The summed E-state index contributed by atoms with van der Waals surface area (Å²) in [4.78, 5) is 3.19. The maximum atomic E-state index is 13.7. The van der Waals surface area contributed by atoms with Crippen LogP contribution in [-0.4, -0.2) is 17.8 Å². The molecule has 19 heavy (non-hydrogen) atoms. The van der Waals surface area contributed by atoms with Crippen molar-refractivity contribution >= 4 is 44.0 Å². The number of nitrogens with zero attached hydrogens (tertiary/aromatic N) is 2. The molecule has 0 aliphatic rings. The van der Waals surface area contributed by atoms with E-state index < -0.39 is 20.7 Å². The lowest BCUT2D eigenvalue weighted by Gasteiger charge is -2.08. The number of rotatable bonds is 3. The van der Waals surface area contributed by atoms with Crippen molar-refractivity contribution in [3.8, 4) is 0 Å². The maximum Gasteiger partial charge on any atom is 0.266 e. The van der Waals surface area contributed by atoms with Gasteiger partial charge in [0.2, 0.25) is 5.13 Å². The molecule has 0 radical (unpaired) electrons. The number of halogens is 2. The van der Waals surface area contributed by atoms with E-state index in [2.05, 4.69) is 14.1 Å². The number of benzene rings is 1. The Bertz CT molecular complexity index is 732. The number of nitrogens with one attached hydrogen (secondary N) is 1. The predicted molar refractivity (Wildman–Crippen MR) is 71.3 cm³/mol. The van der Waals surface area contributed by atoms with Crippen LogP contribution in [0.2, 0.25) is 5.02 Å². The summed E-state index contributed by atoms with van der Waals surface area (Å²) in [5.41, 5.74) is 4.99. The summed E-state index contributed by atoms with van der Waals surface area (Å²) >= 11 is 6.52. The zero-order valence-corrected chi connectivity index (χ0v) is 11.9. The van der Waals surface area contributed by atoms with Gasteiger partial charge in [0.1, 0.15) is 10.7 Å². The van der Waals surface area contributed by atoms with E-state index in [9.17, 15) is 12.8 Å². The topological polar surface area (TPSA) is 98.0 Å². The summed E-state index contributed by atoms with van der Waals surface area (Å²) < 4.78 is 43.7. The lowest BCUT2D eigenvalue weighted by molar-refractivity contribution is 0.573. The Morgan fingerprint density at radius 1 is 1.47 bits per heavy atom. The highest BCUT2D eigenvalue weighted by atomic mass is 35.5. The van der Waals surface area contributed by atoms with Crippen molar-refractivity contribution in [2.24, 2.45) is 0 Å². The summed E-state index contributed by atoms with van der Waals surface area (Å²) in [5.74, 6) is -0.646. The molecule has 0 spiro atoms. The molecule has 0 aliphatic carbocycles. The number of nitrogens with two attached hydrogens (primary N) is 1. The quantitative estimate of drug-likeness (QED) is 0.842. The van der Waals surface area contributed by atoms with Crippen molar-refractivity contribution in [2.45, 2.75) is 11.8 Å². The first-order valence-corrected chi connectivity index (χ1v) is 7.50. The molecule has 0 atom stereocenters. The third kappa shape index (κ3) is 2.94. The maximum absolute atomic E-state index is 13.7. The minimum atomic E-state index is -4.16. The standard InChI is InChI=1S/C9H8ClFN4O2S2/c1-4-13-9(18-14-4)15-19(16,17)7-3-5(10)2-6(12)8(7)11/h2-3H,12H2,1H3,(H,13,14,15). The first-order valence-electron chi connectivity index (χ1n) is 4.87. The van der Waals surface area contributed by atoms with E-state index in [4.69, 9.17) is 17.3 Å². The van der Waals surface area contributed by atoms with Gasteiger partial charge in [-0.2, -0.15) is 4.37 Å². The van der Waals surface area contributed by atoms with E-state index in [0.717, 1.165) is 23.7 Å². The Kier molecular flexibility index (Phi) is 3.61. The number of hydrogen-bond acceptors (Lipinski definition) is 6. The van der Waals surface area contributed by atoms with E-state index in [0.29, 0.717) is 5.82 Å². The summed E-state index contributed by atoms with van der Waals surface area (Å²) in [6.07, 6.45) is 0. The van der Waals surface area contributed by atoms with E-state index in [-0.39, 0.29) is 15.8 Å². The summed E-state index contributed by atoms with van der Waals surface area (Å²) in [5, 5.41) is 0.0585. The molecule has 2 aromatic rings. The van der Waals surface area contributed by atoms with Gasteiger partial charge in [-0.15, -0.1) is 0 Å². The Balaban J connectivity index is 2.45. The molecular formula is C9H8ClFN4O2S2. The molecule has 6 nitrogen and oxygen atoms in total. The zero-order chi connectivity index (χ0) is 14.2. The second kappa shape index (κ2) is 4.91. The van der Waals surface area contributed by atoms with E-state index >= 15 is 0 Å². The fraction of sp³-hybridized carbons (Fsp3) is 0.111. The third-order valence-electron chi connectivity index (χ3n) is 2.07. The highest BCUT2D eigenvalue weighted by Gasteiger charge is 2.23. The fourth-order valence-electron chi connectivity index (χ4n) is 1.29. The monoisotopic (exact) mass is 322 g/mol. The van der Waals surface area contributed by atoms with Gasteiger partial charge in [-0.25, -0.2) is 17.8 Å². The van der Waals surface area contributed by atoms with Crippen LogP contribution in [0.1, 0.15) is 5.82 Å². The van der Waals surface area contributed by atoms with Crippen LogP contribution in [0.25, 0.3) is 0 Å². The summed E-state index contributed by atoms with van der Waals surface area (Å²) in [6, 6.07) is 2.11. The van der Waals surface area contributed by atoms with Crippen LogP contribution in [0.4, 0.5) is 15.2 Å². The normalized spacial score (nSPS) is 11.5. The van der Waals surface area contributed by atoms with Gasteiger partial charge in [-0.1, -0.05) is 11.6 Å². The first-order chi connectivity index (χ1) is 8.79. The van der Waals surface area contributed by atoms with Gasteiger partial charge in [0, 0.05) is 16.6 Å². The lowest BCUT2D eigenvalue weighted by atomic mass is 10.3. The number of anilines is 2. The van der Waals surface area contributed by atoms with Crippen molar-refractivity contribution in [1.29, 1.82) is 0 Å². The molecular weight excluding hydrogens is 315 g/mol. The van der Waals surface area contributed by atoms with E-state index in [1.165, 1.54) is 0 Å². The van der Waals surface area contributed by atoms with Crippen LogP contribution < -0.4 is 10.5 Å². The molecule has 10 heteroatoms. The van der Waals surface area contributed by atoms with Gasteiger partial charge >= 0.3 is 0 Å². The van der Waals surface area contributed by atoms with Crippen molar-refractivity contribution in [1.82, 2.24) is 9.36 Å². The summed E-state index contributed by atoms with van der Waals surface area (Å²) in [6.45, 7) is 1.60. The molecule has 0 bridgehead atoms. The van der Waals surface area contributed by atoms with Crippen molar-refractivity contribution in [2.75, 3.05) is 10.5 Å². The average Bonchev–Trinajstić information content (AvgIpc) is 2.68. The molecule has 0 amide bonds. The van der Waals surface area contributed by atoms with Gasteiger partial charge in [0.15, 0.2) is 5.82 Å². The minimum absolute atomic E-state index is 0.0210. The SMILES string of the molecule is Cc1nsc(NS(=O)(=O)c2cc(Cl)cc(N)c2F)n1. The minimum Gasteiger partial charge on any atom is -0.396 e. The Hall–Kier alpha value is -1.45. The highest BCUT2D eigenvalue weighted by molar-refractivity contribution is 7.93. The Morgan fingerprint density at radius 2 is 2.16 bits per heavy atom. The van der Waals surface area contributed by atoms with Crippen molar-refractivity contribution in [3.05, 3.63) is 28.8 Å². The number of aromatic nitrogens is 2. The molecule has 0 unspecified atom stereocenters. The summed E-state index contributed by atoms with van der Waals surface area (Å²) in [7, 11) is -4.16. The van der Waals surface area contributed by atoms with Crippen molar-refractivity contribution in [3.63, 3.8) is 0 Å². The molecule has 1 aromatic heterocycles. The lowest BCUT2D eigenvalue weighted by Crippen LogP contribution is -2.15. The van der Waals surface area contributed by atoms with Crippen LogP contribution in [0.15, 0.2) is 17.0 Å². The van der Waals surface area contributed by atoms with Crippen LogP contribution in [-0.2, 0) is 10.0 Å². The molecule has 1 heterocycles. The van der Waals surface area contributed by atoms with Crippen LogP contribution in [0.3, 0.4) is 0 Å². The number of aryl methyl sites for hydroxylation is 1. The molecule has 1 aromatic carbocycles. The third-order valence-corrected chi connectivity index (χ3v) is 4.48. The van der Waals surface area contributed by atoms with E-state index in [1.54, 1.807) is 6.92 Å². The van der Waals surface area contributed by atoms with Gasteiger partial charge in [0.05, 0.1) is 5.69 Å². The highest BCUT2D eigenvalue weighted by Crippen LogP contribution is 2.27. The number of sulfonamides is 1. The van der Waals surface area contributed by atoms with Crippen LogP contribution >= 0.6 is 23.1 Å². The van der Waals surface area contributed by atoms with Crippen LogP contribution in [0, 0.1) is 12.7 Å². The van der Waals surface area contributed by atoms with Crippen LogP contribution in [0.5, 0.6) is 0 Å². The van der Waals surface area contributed by atoms with Crippen molar-refractivity contribution < 1.29 is 12.8 Å². The van der Waals surface area contributed by atoms with E-state index in [1.807, 2.05) is 0 Å². The molecule has 0 saturated heterocycles. The molecule has 0 aliphatic heterocycles. The molecule has 102 valence electrons. The average molecular weight is 323 g/mol.